The second-order valence-corrected chi connectivity index (χ2v) is 5.76. The van der Waals surface area contributed by atoms with Crippen LogP contribution in [0.4, 0.5) is 5.69 Å². The minimum Gasteiger partial charge on any atom is -0.354 e. The molecule has 1 heterocycles. The molecule has 1 aliphatic rings. The quantitative estimate of drug-likeness (QED) is 0.883. The molecular weight excluding hydrogens is 266 g/mol. The number of hydrogen-bond donors (Lipinski definition) is 2. The van der Waals surface area contributed by atoms with Crippen LogP contribution < -0.4 is 10.6 Å². The summed E-state index contributed by atoms with van der Waals surface area (Å²) in [5.41, 5.74) is 4.18. The zero-order chi connectivity index (χ0) is 15.6. The maximum Gasteiger partial charge on any atom is 0.241 e. The highest BCUT2D eigenvalue weighted by Crippen LogP contribution is 2.22. The first-order valence-corrected chi connectivity index (χ1v) is 7.28. The van der Waals surface area contributed by atoms with E-state index in [1.807, 2.05) is 32.6 Å². The maximum absolute atomic E-state index is 12.4. The van der Waals surface area contributed by atoms with E-state index in [9.17, 15) is 9.59 Å². The Hall–Kier alpha value is -1.88. The number of rotatable bonds is 3. The van der Waals surface area contributed by atoms with E-state index in [0.29, 0.717) is 13.1 Å². The molecule has 1 aliphatic heterocycles. The number of carbonyl (C=O) groups is 2. The van der Waals surface area contributed by atoms with Gasteiger partial charge in [0.25, 0.3) is 0 Å². The second-order valence-electron chi connectivity index (χ2n) is 5.76. The summed E-state index contributed by atoms with van der Waals surface area (Å²) in [5, 5.41) is 5.77. The van der Waals surface area contributed by atoms with Crippen LogP contribution in [0, 0.1) is 20.8 Å². The summed E-state index contributed by atoms with van der Waals surface area (Å²) in [6, 6.07) is 3.79. The zero-order valence-electron chi connectivity index (χ0n) is 13.1. The number of aryl methyl sites for hydroxylation is 3. The fraction of sp³-hybridized carbons (Fsp3) is 0.500. The number of hydrogen-bond acceptors (Lipinski definition) is 3. The predicted octanol–water partition coefficient (Wildman–Crippen LogP) is 1.37. The zero-order valence-corrected chi connectivity index (χ0v) is 13.1. The molecule has 21 heavy (non-hydrogen) atoms. The lowest BCUT2D eigenvalue weighted by Crippen LogP contribution is -2.53. The topological polar surface area (TPSA) is 61.4 Å². The normalized spacial score (nSPS) is 17.2. The van der Waals surface area contributed by atoms with Gasteiger partial charge in [-0.2, -0.15) is 0 Å². The Labute approximate surface area is 125 Å². The van der Waals surface area contributed by atoms with E-state index in [4.69, 9.17) is 0 Å². The molecule has 2 rings (SSSR count). The Morgan fingerprint density at radius 3 is 2.48 bits per heavy atom. The SMILES string of the molecule is Cc1cc(C)c(NC(=O)[C@H](C)N2CCNC(=O)C2)c(C)c1. The van der Waals surface area contributed by atoms with E-state index in [0.717, 1.165) is 16.8 Å². The molecule has 0 unspecified atom stereocenters. The van der Waals surface area contributed by atoms with Crippen molar-refractivity contribution >= 4 is 17.5 Å². The van der Waals surface area contributed by atoms with Crippen molar-refractivity contribution in [2.45, 2.75) is 33.7 Å². The second kappa shape index (κ2) is 6.26. The number of amides is 2. The van der Waals surface area contributed by atoms with E-state index in [1.165, 1.54) is 5.56 Å². The molecule has 1 atom stereocenters. The molecule has 0 bridgehead atoms. The van der Waals surface area contributed by atoms with Gasteiger partial charge in [0.15, 0.2) is 0 Å². The minimum absolute atomic E-state index is 0.0244. The van der Waals surface area contributed by atoms with Crippen molar-refractivity contribution in [2.24, 2.45) is 0 Å². The number of nitrogens with zero attached hydrogens (tertiary/aromatic N) is 1. The average Bonchev–Trinajstić information content (AvgIpc) is 2.41. The third-order valence-corrected chi connectivity index (χ3v) is 3.92. The van der Waals surface area contributed by atoms with Crippen molar-refractivity contribution in [1.82, 2.24) is 10.2 Å². The van der Waals surface area contributed by atoms with Crippen molar-refractivity contribution < 1.29 is 9.59 Å². The van der Waals surface area contributed by atoms with E-state index in [-0.39, 0.29) is 24.4 Å². The fourth-order valence-electron chi connectivity index (χ4n) is 2.76. The maximum atomic E-state index is 12.4. The molecule has 0 spiro atoms. The van der Waals surface area contributed by atoms with E-state index >= 15 is 0 Å². The molecular formula is C16H23N3O2. The molecule has 5 heteroatoms. The molecule has 2 N–H and O–H groups in total. The summed E-state index contributed by atoms with van der Waals surface area (Å²) in [6.07, 6.45) is 0. The van der Waals surface area contributed by atoms with Gasteiger partial charge in [-0.05, 0) is 38.8 Å². The number of nitrogens with one attached hydrogen (secondary N) is 2. The van der Waals surface area contributed by atoms with Crippen LogP contribution in [0.1, 0.15) is 23.6 Å². The van der Waals surface area contributed by atoms with Gasteiger partial charge in [0.2, 0.25) is 11.8 Å². The molecule has 0 aliphatic carbocycles. The van der Waals surface area contributed by atoms with Gasteiger partial charge in [0.05, 0.1) is 12.6 Å². The summed E-state index contributed by atoms with van der Waals surface area (Å²) in [7, 11) is 0. The number of benzene rings is 1. The fourth-order valence-corrected chi connectivity index (χ4v) is 2.76. The highest BCUT2D eigenvalue weighted by atomic mass is 16.2. The Morgan fingerprint density at radius 2 is 1.90 bits per heavy atom. The lowest BCUT2D eigenvalue weighted by atomic mass is 10.0. The molecule has 1 saturated heterocycles. The van der Waals surface area contributed by atoms with E-state index < -0.39 is 0 Å². The minimum atomic E-state index is -0.323. The van der Waals surface area contributed by atoms with Gasteiger partial charge >= 0.3 is 0 Å². The largest absolute Gasteiger partial charge is 0.354 e. The van der Waals surface area contributed by atoms with Crippen LogP contribution in [0.5, 0.6) is 0 Å². The first-order valence-electron chi connectivity index (χ1n) is 7.28. The third kappa shape index (κ3) is 3.61. The van der Waals surface area contributed by atoms with Gasteiger partial charge in [-0.25, -0.2) is 0 Å². The molecule has 1 aromatic carbocycles. The van der Waals surface area contributed by atoms with E-state index in [1.54, 1.807) is 0 Å². The molecule has 1 aromatic rings. The highest BCUT2D eigenvalue weighted by Gasteiger charge is 2.26. The van der Waals surface area contributed by atoms with Gasteiger partial charge in [0, 0.05) is 18.8 Å². The monoisotopic (exact) mass is 289 g/mol. The first-order chi connectivity index (χ1) is 9.88. The van der Waals surface area contributed by atoms with Crippen LogP contribution in [0.15, 0.2) is 12.1 Å². The van der Waals surface area contributed by atoms with Crippen LogP contribution >= 0.6 is 0 Å². The number of anilines is 1. The highest BCUT2D eigenvalue weighted by molar-refractivity contribution is 5.96. The first kappa shape index (κ1) is 15.5. The summed E-state index contributed by atoms with van der Waals surface area (Å²) in [5.74, 6) is -0.0941. The molecule has 0 radical (unpaired) electrons. The van der Waals surface area contributed by atoms with Crippen molar-refractivity contribution in [3.63, 3.8) is 0 Å². The Bertz CT molecular complexity index is 546. The molecule has 0 aromatic heterocycles. The third-order valence-electron chi connectivity index (χ3n) is 3.92. The Morgan fingerprint density at radius 1 is 1.29 bits per heavy atom. The standard InChI is InChI=1S/C16H23N3O2/c1-10-7-11(2)15(12(3)8-10)18-16(21)13(4)19-6-5-17-14(20)9-19/h7-8,13H,5-6,9H2,1-4H3,(H,17,20)(H,18,21)/t13-/m0/s1. The van der Waals surface area contributed by atoms with Crippen molar-refractivity contribution in [2.75, 3.05) is 25.0 Å². The van der Waals surface area contributed by atoms with Gasteiger partial charge in [-0.3, -0.25) is 14.5 Å². The van der Waals surface area contributed by atoms with Crippen LogP contribution in [-0.4, -0.2) is 42.4 Å². The average molecular weight is 289 g/mol. The van der Waals surface area contributed by atoms with Gasteiger partial charge in [-0.1, -0.05) is 17.7 Å². The van der Waals surface area contributed by atoms with Crippen LogP contribution in [0.3, 0.4) is 0 Å². The van der Waals surface area contributed by atoms with Crippen molar-refractivity contribution in [3.8, 4) is 0 Å². The van der Waals surface area contributed by atoms with Gasteiger partial charge in [0.1, 0.15) is 0 Å². The summed E-state index contributed by atoms with van der Waals surface area (Å²) < 4.78 is 0. The van der Waals surface area contributed by atoms with Crippen LogP contribution in [0.2, 0.25) is 0 Å². The smallest absolute Gasteiger partial charge is 0.241 e. The number of piperazine rings is 1. The van der Waals surface area contributed by atoms with Gasteiger partial charge < -0.3 is 10.6 Å². The summed E-state index contributed by atoms with van der Waals surface area (Å²) in [6.45, 7) is 9.45. The number of carbonyl (C=O) groups excluding carboxylic acids is 2. The summed E-state index contributed by atoms with van der Waals surface area (Å²) in [4.78, 5) is 25.7. The van der Waals surface area contributed by atoms with Gasteiger partial charge in [-0.15, -0.1) is 0 Å². The van der Waals surface area contributed by atoms with Crippen molar-refractivity contribution in [1.29, 1.82) is 0 Å². The molecule has 0 saturated carbocycles. The Kier molecular flexibility index (Phi) is 4.63. The lowest BCUT2D eigenvalue weighted by molar-refractivity contribution is -0.127. The molecule has 1 fully saturated rings. The van der Waals surface area contributed by atoms with Crippen molar-refractivity contribution in [3.05, 3.63) is 28.8 Å². The van der Waals surface area contributed by atoms with E-state index in [2.05, 4.69) is 22.8 Å². The molecule has 5 nitrogen and oxygen atoms in total. The van der Waals surface area contributed by atoms with Crippen LogP contribution in [0.25, 0.3) is 0 Å². The van der Waals surface area contributed by atoms with Crippen LogP contribution in [-0.2, 0) is 9.59 Å². The molecule has 2 amide bonds. The molecule has 114 valence electrons. The summed E-state index contributed by atoms with van der Waals surface area (Å²) >= 11 is 0. The lowest BCUT2D eigenvalue weighted by Gasteiger charge is -2.31. The Balaban J connectivity index is 2.09. The predicted molar refractivity (Wildman–Crippen MR) is 83.3 cm³/mol.